The van der Waals surface area contributed by atoms with Gasteiger partial charge in [-0.3, -0.25) is 4.98 Å². The van der Waals surface area contributed by atoms with E-state index < -0.39 is 0 Å². The zero-order valence-corrected chi connectivity index (χ0v) is 19.4. The number of rotatable bonds is 2. The lowest BCUT2D eigenvalue weighted by molar-refractivity contribution is -0.136. The molecule has 1 N–H and O–H groups in total. The summed E-state index contributed by atoms with van der Waals surface area (Å²) in [5.41, 5.74) is 4.80. The maximum Gasteiger partial charge on any atom is 0.0974 e. The van der Waals surface area contributed by atoms with Crippen LogP contribution in [0.15, 0.2) is 60.0 Å². The fourth-order valence-electron chi connectivity index (χ4n) is 8.52. The van der Waals surface area contributed by atoms with Crippen molar-refractivity contribution in [2.24, 2.45) is 11.3 Å². The quantitative estimate of drug-likeness (QED) is 0.633. The Bertz CT molecular complexity index is 1170. The molecule has 2 aromatic rings. The third-order valence-electron chi connectivity index (χ3n) is 10.2. The lowest BCUT2D eigenvalue weighted by Gasteiger charge is -2.54. The average Bonchev–Trinajstić information content (AvgIpc) is 3.33. The molecule has 3 aliphatic carbocycles. The van der Waals surface area contributed by atoms with Gasteiger partial charge in [-0.25, -0.2) is 0 Å². The van der Waals surface area contributed by atoms with Crippen LogP contribution in [0.1, 0.15) is 69.8 Å². The average molecular weight is 427 g/mol. The lowest BCUT2D eigenvalue weighted by atomic mass is 9.58. The van der Waals surface area contributed by atoms with Gasteiger partial charge in [0.15, 0.2) is 0 Å². The Kier molecular flexibility index (Phi) is 3.99. The smallest absolute Gasteiger partial charge is 0.0974 e. The van der Waals surface area contributed by atoms with Crippen LogP contribution in [0.4, 0.5) is 0 Å². The fraction of sp³-hybridized carbons (Fsp3) is 0.552. The van der Waals surface area contributed by atoms with Crippen LogP contribution in [0.3, 0.4) is 0 Å². The number of aromatic nitrogens is 1. The van der Waals surface area contributed by atoms with E-state index in [0.29, 0.717) is 17.9 Å². The van der Waals surface area contributed by atoms with Gasteiger partial charge >= 0.3 is 0 Å². The first-order chi connectivity index (χ1) is 15.6. The van der Waals surface area contributed by atoms with Gasteiger partial charge in [0.25, 0.3) is 0 Å². The second kappa shape index (κ2) is 6.55. The van der Waals surface area contributed by atoms with Crippen LogP contribution in [0.25, 0.3) is 10.8 Å². The first kappa shape index (κ1) is 19.5. The zero-order chi connectivity index (χ0) is 21.6. The molecule has 1 saturated heterocycles. The second-order valence-electron chi connectivity index (χ2n) is 11.4. The number of ether oxygens (including phenoxy) is 1. The molecular weight excluding hydrogens is 392 g/mol. The Hall–Kier alpha value is -1.97. The van der Waals surface area contributed by atoms with Crippen molar-refractivity contribution in [3.63, 3.8) is 0 Å². The van der Waals surface area contributed by atoms with Gasteiger partial charge in [-0.05, 0) is 110 Å². The maximum atomic E-state index is 7.36. The molecular formula is C29H34N2O. The number of pyridine rings is 1. The normalized spacial score (nSPS) is 42.1. The van der Waals surface area contributed by atoms with Crippen molar-refractivity contribution in [3.8, 4) is 0 Å². The van der Waals surface area contributed by atoms with Gasteiger partial charge in [0.2, 0.25) is 0 Å². The molecule has 3 heteroatoms. The Morgan fingerprint density at radius 1 is 1.09 bits per heavy atom. The van der Waals surface area contributed by atoms with Gasteiger partial charge in [-0.1, -0.05) is 31.2 Å². The number of allylic oxidation sites excluding steroid dienone is 1. The van der Waals surface area contributed by atoms with Crippen LogP contribution in [-0.2, 0) is 4.74 Å². The predicted molar refractivity (Wildman–Crippen MR) is 129 cm³/mol. The van der Waals surface area contributed by atoms with E-state index >= 15 is 0 Å². The Morgan fingerprint density at radius 3 is 2.94 bits per heavy atom. The van der Waals surface area contributed by atoms with Crippen LogP contribution in [0.5, 0.6) is 0 Å². The molecule has 0 radical (unpaired) electrons. The van der Waals surface area contributed by atoms with E-state index in [1.807, 2.05) is 12.4 Å². The van der Waals surface area contributed by atoms with Gasteiger partial charge in [0.1, 0.15) is 0 Å². The van der Waals surface area contributed by atoms with E-state index in [1.165, 1.54) is 66.9 Å². The molecule has 3 heterocycles. The third-order valence-corrected chi connectivity index (χ3v) is 10.2. The highest BCUT2D eigenvalue weighted by Crippen LogP contribution is 2.69. The van der Waals surface area contributed by atoms with Gasteiger partial charge in [0, 0.05) is 23.8 Å². The van der Waals surface area contributed by atoms with E-state index in [2.05, 4.69) is 60.7 Å². The van der Waals surface area contributed by atoms with Crippen LogP contribution in [0.2, 0.25) is 0 Å². The van der Waals surface area contributed by atoms with Gasteiger partial charge in [-0.2, -0.15) is 0 Å². The van der Waals surface area contributed by atoms with Gasteiger partial charge in [0.05, 0.1) is 11.2 Å². The minimum atomic E-state index is -0.0563. The summed E-state index contributed by atoms with van der Waals surface area (Å²) in [6.45, 7) is 2.57. The summed E-state index contributed by atoms with van der Waals surface area (Å²) in [5, 5.41) is 6.11. The molecule has 3 nitrogen and oxygen atoms in total. The summed E-state index contributed by atoms with van der Waals surface area (Å²) in [5.74, 6) is 1.20. The molecule has 32 heavy (non-hydrogen) atoms. The van der Waals surface area contributed by atoms with E-state index in [1.54, 1.807) is 5.57 Å². The molecule has 166 valence electrons. The number of nitrogens with zero attached hydrogens (tertiary/aromatic N) is 1. The zero-order valence-electron chi connectivity index (χ0n) is 19.4. The molecule has 0 amide bonds. The number of hydrogen-bond acceptors (Lipinski definition) is 3. The van der Waals surface area contributed by atoms with Crippen LogP contribution in [0, 0.1) is 11.3 Å². The maximum absolute atomic E-state index is 7.36. The summed E-state index contributed by atoms with van der Waals surface area (Å²) >= 11 is 0. The summed E-state index contributed by atoms with van der Waals surface area (Å²) in [6.07, 6.45) is 18.8. The molecule has 5 aliphatic rings. The van der Waals surface area contributed by atoms with Crippen molar-refractivity contribution in [1.82, 2.24) is 10.3 Å². The molecule has 2 spiro atoms. The van der Waals surface area contributed by atoms with Crippen molar-refractivity contribution >= 4 is 10.8 Å². The number of hydrogen-bond donors (Lipinski definition) is 1. The van der Waals surface area contributed by atoms with Crippen molar-refractivity contribution < 1.29 is 4.74 Å². The fourth-order valence-corrected chi connectivity index (χ4v) is 8.52. The molecule has 2 bridgehead atoms. The molecule has 1 aromatic heterocycles. The number of fused-ring (bicyclic) bond motifs is 2. The molecule has 6 atom stereocenters. The topological polar surface area (TPSA) is 34.2 Å². The van der Waals surface area contributed by atoms with Gasteiger partial charge in [-0.15, -0.1) is 0 Å². The summed E-state index contributed by atoms with van der Waals surface area (Å²) < 4.78 is 7.36. The highest BCUT2D eigenvalue weighted by molar-refractivity contribution is 5.82. The molecule has 2 unspecified atom stereocenters. The largest absolute Gasteiger partial charge is 0.359 e. The molecule has 1 aromatic carbocycles. The summed E-state index contributed by atoms with van der Waals surface area (Å²) in [7, 11) is 2.12. The standard InChI is InChI=1S/C29H34N2O/c1-27-11-9-23-16-22-5-6-24(30-2)17-28(22)12-13-29(23,32-28)26(27)8-7-25(27)20-4-3-19-10-14-31-18-21(19)15-20/h3-4,9-10,14-16,18,24-26,30H,5-8,11-13,17H2,1-2H3/t24-,25?,26+,27+,28+,29?/m0/s1. The molecule has 2 aliphatic heterocycles. The molecule has 2 saturated carbocycles. The summed E-state index contributed by atoms with van der Waals surface area (Å²) in [6, 6.07) is 9.79. The number of nitrogens with one attached hydrogen (secondary N) is 1. The van der Waals surface area contributed by atoms with Gasteiger partial charge < -0.3 is 10.1 Å². The van der Waals surface area contributed by atoms with E-state index in [9.17, 15) is 0 Å². The highest BCUT2D eigenvalue weighted by atomic mass is 16.5. The van der Waals surface area contributed by atoms with Crippen molar-refractivity contribution in [3.05, 3.63) is 65.5 Å². The van der Waals surface area contributed by atoms with Crippen LogP contribution >= 0.6 is 0 Å². The first-order valence-electron chi connectivity index (χ1n) is 12.7. The highest BCUT2D eigenvalue weighted by Gasteiger charge is 2.66. The minimum Gasteiger partial charge on any atom is -0.359 e. The molecule has 7 rings (SSSR count). The molecule has 3 fully saturated rings. The van der Waals surface area contributed by atoms with E-state index in [0.717, 1.165) is 6.42 Å². The Morgan fingerprint density at radius 2 is 2.03 bits per heavy atom. The third kappa shape index (κ3) is 2.42. The van der Waals surface area contributed by atoms with Crippen molar-refractivity contribution in [2.45, 2.75) is 81.5 Å². The Balaban J connectivity index is 1.29. The minimum absolute atomic E-state index is 0.00573. The van der Waals surface area contributed by atoms with E-state index in [-0.39, 0.29) is 16.6 Å². The predicted octanol–water partition coefficient (Wildman–Crippen LogP) is 6.06. The second-order valence-corrected chi connectivity index (χ2v) is 11.4. The summed E-state index contributed by atoms with van der Waals surface area (Å²) in [4.78, 5) is 4.37. The van der Waals surface area contributed by atoms with Crippen LogP contribution < -0.4 is 5.32 Å². The first-order valence-corrected chi connectivity index (χ1v) is 12.7. The Labute approximate surface area is 191 Å². The van der Waals surface area contributed by atoms with Crippen LogP contribution in [-0.4, -0.2) is 29.3 Å². The van der Waals surface area contributed by atoms with E-state index in [4.69, 9.17) is 4.74 Å². The van der Waals surface area contributed by atoms with Crippen molar-refractivity contribution in [2.75, 3.05) is 7.05 Å². The lowest BCUT2D eigenvalue weighted by Crippen LogP contribution is -2.54. The number of benzene rings is 1. The van der Waals surface area contributed by atoms with Crippen molar-refractivity contribution in [1.29, 1.82) is 0 Å². The SMILES string of the molecule is CN[C@H]1CCC2=CC3=CC[C@]4(C)C(c5ccc6ccncc6c5)CC[C@H]4C34CC[C@]2(C1)O4. The monoisotopic (exact) mass is 426 g/mol.